The molecular formula is C7H6ClFO. The second-order valence-electron chi connectivity index (χ2n) is 1.68. The zero-order valence-electron chi connectivity index (χ0n) is 5.18. The quantitative estimate of drug-likeness (QED) is 0.646. The Bertz CT molecular complexity index is 215. The topological polar surface area (TPSA) is 9.23 Å². The molecule has 0 aliphatic carbocycles. The maximum atomic E-state index is 11.6. The van der Waals surface area contributed by atoms with E-state index in [2.05, 4.69) is 4.74 Å². The van der Waals surface area contributed by atoms with Gasteiger partial charge in [-0.2, -0.15) is 0 Å². The Labute approximate surface area is 63.4 Å². The molecule has 0 heterocycles. The number of rotatable bonds is 2. The standard InChI is InChI=1S/C7H6ClFO/c8-6-3-1-2-4-7(6)10-5-9/h1-4H,5H2. The fourth-order valence-corrected chi connectivity index (χ4v) is 0.811. The summed E-state index contributed by atoms with van der Waals surface area (Å²) in [7, 11) is 0. The highest BCUT2D eigenvalue weighted by Crippen LogP contribution is 2.22. The molecule has 0 N–H and O–H groups in total. The maximum Gasteiger partial charge on any atom is 0.228 e. The SMILES string of the molecule is FCOc1ccccc1Cl. The van der Waals surface area contributed by atoms with Gasteiger partial charge >= 0.3 is 0 Å². The molecule has 1 aromatic carbocycles. The van der Waals surface area contributed by atoms with Crippen molar-refractivity contribution in [1.82, 2.24) is 0 Å². The van der Waals surface area contributed by atoms with Crippen molar-refractivity contribution < 1.29 is 9.13 Å². The Morgan fingerprint density at radius 2 is 2.10 bits per heavy atom. The van der Waals surface area contributed by atoms with Gasteiger partial charge in [-0.3, -0.25) is 0 Å². The van der Waals surface area contributed by atoms with Crippen LogP contribution in [0.3, 0.4) is 0 Å². The smallest absolute Gasteiger partial charge is 0.228 e. The van der Waals surface area contributed by atoms with Crippen molar-refractivity contribution in [3.63, 3.8) is 0 Å². The van der Waals surface area contributed by atoms with Crippen molar-refractivity contribution in [2.24, 2.45) is 0 Å². The number of hydrogen-bond acceptors (Lipinski definition) is 1. The monoisotopic (exact) mass is 160 g/mol. The third kappa shape index (κ3) is 1.61. The summed E-state index contributed by atoms with van der Waals surface area (Å²) < 4.78 is 16.1. The molecule has 0 amide bonds. The van der Waals surface area contributed by atoms with E-state index in [0.29, 0.717) is 10.8 Å². The molecule has 0 aliphatic rings. The third-order valence-corrected chi connectivity index (χ3v) is 1.36. The highest BCUT2D eigenvalue weighted by Gasteiger charge is 1.96. The zero-order valence-corrected chi connectivity index (χ0v) is 5.94. The van der Waals surface area contributed by atoms with Crippen LogP contribution in [0, 0.1) is 0 Å². The Morgan fingerprint density at radius 1 is 1.40 bits per heavy atom. The van der Waals surface area contributed by atoms with Crippen molar-refractivity contribution >= 4 is 11.6 Å². The molecule has 0 bridgehead atoms. The van der Waals surface area contributed by atoms with E-state index in [1.54, 1.807) is 24.3 Å². The van der Waals surface area contributed by atoms with Crippen LogP contribution in [0.1, 0.15) is 0 Å². The molecular weight excluding hydrogens is 155 g/mol. The summed E-state index contributed by atoms with van der Waals surface area (Å²) in [6, 6.07) is 6.75. The number of alkyl halides is 1. The lowest BCUT2D eigenvalue weighted by Gasteiger charge is -2.00. The Balaban J connectivity index is 2.81. The van der Waals surface area contributed by atoms with Crippen molar-refractivity contribution in [2.45, 2.75) is 0 Å². The average Bonchev–Trinajstić information content (AvgIpc) is 1.94. The minimum Gasteiger partial charge on any atom is -0.461 e. The lowest BCUT2D eigenvalue weighted by Crippen LogP contribution is -1.89. The minimum atomic E-state index is -0.844. The van der Waals surface area contributed by atoms with Gasteiger partial charge in [0.2, 0.25) is 6.86 Å². The molecule has 0 saturated carbocycles. The van der Waals surface area contributed by atoms with Gasteiger partial charge in [0.1, 0.15) is 5.75 Å². The zero-order chi connectivity index (χ0) is 7.40. The van der Waals surface area contributed by atoms with Gasteiger partial charge in [-0.1, -0.05) is 23.7 Å². The summed E-state index contributed by atoms with van der Waals surface area (Å²) in [6.45, 7) is -0.844. The normalized spacial score (nSPS) is 9.40. The van der Waals surface area contributed by atoms with E-state index >= 15 is 0 Å². The summed E-state index contributed by atoms with van der Waals surface area (Å²) in [5.74, 6) is 0.381. The Morgan fingerprint density at radius 3 is 2.70 bits per heavy atom. The van der Waals surface area contributed by atoms with E-state index in [0.717, 1.165) is 0 Å². The van der Waals surface area contributed by atoms with E-state index in [4.69, 9.17) is 11.6 Å². The second-order valence-corrected chi connectivity index (χ2v) is 2.09. The summed E-state index contributed by atoms with van der Waals surface area (Å²) in [6.07, 6.45) is 0. The van der Waals surface area contributed by atoms with E-state index in [9.17, 15) is 4.39 Å². The molecule has 0 fully saturated rings. The van der Waals surface area contributed by atoms with Gasteiger partial charge in [0.05, 0.1) is 5.02 Å². The number of hydrogen-bond donors (Lipinski definition) is 0. The van der Waals surface area contributed by atoms with Crippen LogP contribution in [0.25, 0.3) is 0 Å². The van der Waals surface area contributed by atoms with Crippen LogP contribution in [-0.2, 0) is 0 Å². The summed E-state index contributed by atoms with van der Waals surface area (Å²) >= 11 is 5.61. The third-order valence-electron chi connectivity index (χ3n) is 1.05. The van der Waals surface area contributed by atoms with Gasteiger partial charge in [-0.05, 0) is 12.1 Å². The molecule has 0 aliphatic heterocycles. The molecule has 1 nitrogen and oxygen atoms in total. The second kappa shape index (κ2) is 3.42. The number of halogens is 2. The van der Waals surface area contributed by atoms with Crippen LogP contribution in [0.5, 0.6) is 5.75 Å². The molecule has 0 spiro atoms. The molecule has 3 heteroatoms. The van der Waals surface area contributed by atoms with Crippen LogP contribution in [0.15, 0.2) is 24.3 Å². The lowest BCUT2D eigenvalue weighted by atomic mass is 10.3. The first-order chi connectivity index (χ1) is 4.84. The molecule has 54 valence electrons. The highest BCUT2D eigenvalue weighted by molar-refractivity contribution is 6.32. The summed E-state index contributed by atoms with van der Waals surface area (Å²) in [5, 5.41) is 0.431. The van der Waals surface area contributed by atoms with E-state index < -0.39 is 6.86 Å². The van der Waals surface area contributed by atoms with Crippen LogP contribution >= 0.6 is 11.6 Å². The van der Waals surface area contributed by atoms with Gasteiger partial charge in [-0.25, -0.2) is 4.39 Å². The van der Waals surface area contributed by atoms with Crippen molar-refractivity contribution in [1.29, 1.82) is 0 Å². The average molecular weight is 161 g/mol. The predicted octanol–water partition coefficient (Wildman–Crippen LogP) is 2.65. The molecule has 0 radical (unpaired) electrons. The van der Waals surface area contributed by atoms with Gasteiger partial charge in [0.15, 0.2) is 0 Å². The number of benzene rings is 1. The number of para-hydroxylation sites is 1. The van der Waals surface area contributed by atoms with Crippen LogP contribution in [0.2, 0.25) is 5.02 Å². The molecule has 1 rings (SSSR count). The van der Waals surface area contributed by atoms with E-state index in [-0.39, 0.29) is 0 Å². The molecule has 0 saturated heterocycles. The Hall–Kier alpha value is -0.760. The van der Waals surface area contributed by atoms with Crippen molar-refractivity contribution in [3.05, 3.63) is 29.3 Å². The van der Waals surface area contributed by atoms with Gasteiger partial charge in [0.25, 0.3) is 0 Å². The van der Waals surface area contributed by atoms with Crippen molar-refractivity contribution in [3.8, 4) is 5.75 Å². The predicted molar refractivity (Wildman–Crippen MR) is 38.1 cm³/mol. The molecule has 0 unspecified atom stereocenters. The first kappa shape index (κ1) is 7.35. The first-order valence-corrected chi connectivity index (χ1v) is 3.15. The first-order valence-electron chi connectivity index (χ1n) is 2.78. The van der Waals surface area contributed by atoms with E-state index in [1.807, 2.05) is 0 Å². The highest BCUT2D eigenvalue weighted by atomic mass is 35.5. The molecule has 0 aromatic heterocycles. The fraction of sp³-hybridized carbons (Fsp3) is 0.143. The van der Waals surface area contributed by atoms with Crippen LogP contribution in [0.4, 0.5) is 4.39 Å². The van der Waals surface area contributed by atoms with Crippen molar-refractivity contribution in [2.75, 3.05) is 6.86 Å². The summed E-state index contributed by atoms with van der Waals surface area (Å²) in [4.78, 5) is 0. The maximum absolute atomic E-state index is 11.6. The molecule has 10 heavy (non-hydrogen) atoms. The van der Waals surface area contributed by atoms with Gasteiger partial charge < -0.3 is 4.74 Å². The van der Waals surface area contributed by atoms with Gasteiger partial charge in [0, 0.05) is 0 Å². The van der Waals surface area contributed by atoms with E-state index in [1.165, 1.54) is 0 Å². The van der Waals surface area contributed by atoms with Crippen LogP contribution in [-0.4, -0.2) is 6.86 Å². The number of ether oxygens (including phenoxy) is 1. The van der Waals surface area contributed by atoms with Crippen LogP contribution < -0.4 is 4.74 Å². The summed E-state index contributed by atoms with van der Waals surface area (Å²) in [5.41, 5.74) is 0. The van der Waals surface area contributed by atoms with Gasteiger partial charge in [-0.15, -0.1) is 0 Å². The fourth-order valence-electron chi connectivity index (χ4n) is 0.621. The lowest BCUT2D eigenvalue weighted by molar-refractivity contribution is 0.192. The Kier molecular flexibility index (Phi) is 2.51. The largest absolute Gasteiger partial charge is 0.461 e. The molecule has 1 aromatic rings. The molecule has 0 atom stereocenters. The minimum absolute atomic E-state index is 0.381.